The smallest absolute Gasteiger partial charge is 0.252 e. The molecule has 1 fully saturated rings. The number of carbonyl (C=O) groups is 2. The number of nitrogens with one attached hydrogen (secondary N) is 1. The molecule has 6 heteroatoms. The highest BCUT2D eigenvalue weighted by atomic mass is 79.9. The van der Waals surface area contributed by atoms with E-state index >= 15 is 0 Å². The third-order valence-corrected chi connectivity index (χ3v) is 4.11. The van der Waals surface area contributed by atoms with Crippen LogP contribution in [0.2, 0.25) is 0 Å². The minimum absolute atomic E-state index is 0.0510. The van der Waals surface area contributed by atoms with Gasteiger partial charge >= 0.3 is 0 Å². The van der Waals surface area contributed by atoms with Crippen molar-refractivity contribution in [1.29, 1.82) is 0 Å². The van der Waals surface area contributed by atoms with Gasteiger partial charge in [0.1, 0.15) is 5.82 Å². The van der Waals surface area contributed by atoms with Gasteiger partial charge in [-0.2, -0.15) is 0 Å². The third kappa shape index (κ3) is 3.56. The van der Waals surface area contributed by atoms with Crippen LogP contribution in [0.1, 0.15) is 30.1 Å². The Balaban J connectivity index is 1.94. The summed E-state index contributed by atoms with van der Waals surface area (Å²) in [6, 6.07) is 4.04. The van der Waals surface area contributed by atoms with Gasteiger partial charge < -0.3 is 10.2 Å². The van der Waals surface area contributed by atoms with Crippen LogP contribution in [-0.2, 0) is 4.79 Å². The number of halogens is 2. The van der Waals surface area contributed by atoms with Crippen LogP contribution < -0.4 is 5.32 Å². The quantitative estimate of drug-likeness (QED) is 0.896. The summed E-state index contributed by atoms with van der Waals surface area (Å²) in [6.07, 6.45) is 1.48. The standard InChI is InChI=1S/C14H16BrFN2O2/c1-9(19)18-6-4-11(5-7-18)17-14(20)12-3-2-10(16)8-13(12)15/h2-3,8,11H,4-7H2,1H3,(H,17,20). The van der Waals surface area contributed by atoms with Crippen molar-refractivity contribution in [3.05, 3.63) is 34.1 Å². The zero-order valence-electron chi connectivity index (χ0n) is 11.2. The molecule has 1 aliphatic heterocycles. The van der Waals surface area contributed by atoms with Crippen molar-refractivity contribution in [2.24, 2.45) is 0 Å². The normalized spacial score (nSPS) is 16.1. The van der Waals surface area contributed by atoms with Gasteiger partial charge in [0.15, 0.2) is 0 Å². The summed E-state index contributed by atoms with van der Waals surface area (Å²) in [5, 5.41) is 2.93. The van der Waals surface area contributed by atoms with Gasteiger partial charge in [0, 0.05) is 30.5 Å². The van der Waals surface area contributed by atoms with E-state index in [1.807, 2.05) is 0 Å². The number of hydrogen-bond acceptors (Lipinski definition) is 2. The Morgan fingerprint density at radius 3 is 2.55 bits per heavy atom. The van der Waals surface area contributed by atoms with Crippen LogP contribution in [0.15, 0.2) is 22.7 Å². The lowest BCUT2D eigenvalue weighted by molar-refractivity contribution is -0.129. The second-order valence-corrected chi connectivity index (χ2v) is 5.73. The average molecular weight is 343 g/mol. The fraction of sp³-hybridized carbons (Fsp3) is 0.429. The van der Waals surface area contributed by atoms with Crippen LogP contribution >= 0.6 is 15.9 Å². The van der Waals surface area contributed by atoms with Crippen LogP contribution in [0.4, 0.5) is 4.39 Å². The molecular formula is C14H16BrFN2O2. The van der Waals surface area contributed by atoms with Crippen LogP contribution in [-0.4, -0.2) is 35.8 Å². The fourth-order valence-electron chi connectivity index (χ4n) is 2.28. The highest BCUT2D eigenvalue weighted by Crippen LogP contribution is 2.19. The van der Waals surface area contributed by atoms with Crippen molar-refractivity contribution in [3.8, 4) is 0 Å². The molecule has 0 radical (unpaired) electrons. The van der Waals surface area contributed by atoms with Crippen LogP contribution in [0, 0.1) is 5.82 Å². The predicted molar refractivity (Wildman–Crippen MR) is 76.8 cm³/mol. The van der Waals surface area contributed by atoms with Gasteiger partial charge in [-0.05, 0) is 47.0 Å². The molecule has 2 amide bonds. The van der Waals surface area contributed by atoms with Gasteiger partial charge in [-0.15, -0.1) is 0 Å². The van der Waals surface area contributed by atoms with Crippen LogP contribution in [0.25, 0.3) is 0 Å². The molecule has 2 rings (SSSR count). The zero-order chi connectivity index (χ0) is 14.7. The Labute approximate surface area is 125 Å². The van der Waals surface area contributed by atoms with Crippen LogP contribution in [0.5, 0.6) is 0 Å². The van der Waals surface area contributed by atoms with Crippen molar-refractivity contribution in [1.82, 2.24) is 10.2 Å². The predicted octanol–water partition coefficient (Wildman–Crippen LogP) is 2.33. The molecule has 1 heterocycles. The molecule has 20 heavy (non-hydrogen) atoms. The van der Waals surface area contributed by atoms with E-state index < -0.39 is 0 Å². The largest absolute Gasteiger partial charge is 0.349 e. The van der Waals surface area contributed by atoms with Gasteiger partial charge in [-0.1, -0.05) is 0 Å². The first-order chi connectivity index (χ1) is 9.47. The van der Waals surface area contributed by atoms with E-state index in [4.69, 9.17) is 0 Å². The Morgan fingerprint density at radius 2 is 2.00 bits per heavy atom. The third-order valence-electron chi connectivity index (χ3n) is 3.45. The number of carbonyl (C=O) groups excluding carboxylic acids is 2. The molecule has 1 aromatic rings. The van der Waals surface area contributed by atoms with E-state index in [2.05, 4.69) is 21.2 Å². The van der Waals surface area contributed by atoms with Gasteiger partial charge in [0.25, 0.3) is 5.91 Å². The molecule has 1 N–H and O–H groups in total. The topological polar surface area (TPSA) is 49.4 Å². The van der Waals surface area contributed by atoms with Crippen molar-refractivity contribution in [2.45, 2.75) is 25.8 Å². The number of amides is 2. The summed E-state index contributed by atoms with van der Waals surface area (Å²) in [6.45, 7) is 2.87. The number of likely N-dealkylation sites (tertiary alicyclic amines) is 1. The lowest BCUT2D eigenvalue weighted by Crippen LogP contribution is -2.46. The SMILES string of the molecule is CC(=O)N1CCC(NC(=O)c2ccc(F)cc2Br)CC1. The first-order valence-electron chi connectivity index (χ1n) is 6.49. The summed E-state index contributed by atoms with van der Waals surface area (Å²) in [5.74, 6) is -0.544. The maximum absolute atomic E-state index is 13.0. The molecule has 0 saturated carbocycles. The van der Waals surface area contributed by atoms with Crippen molar-refractivity contribution in [3.63, 3.8) is 0 Å². The molecule has 108 valence electrons. The molecule has 1 aromatic carbocycles. The van der Waals surface area contributed by atoms with E-state index in [0.29, 0.717) is 23.1 Å². The van der Waals surface area contributed by atoms with Gasteiger partial charge in [-0.25, -0.2) is 4.39 Å². The number of benzene rings is 1. The molecule has 1 aliphatic rings. The minimum Gasteiger partial charge on any atom is -0.349 e. The first kappa shape index (κ1) is 15.0. The summed E-state index contributed by atoms with van der Waals surface area (Å²) in [4.78, 5) is 25.1. The second kappa shape index (κ2) is 6.35. The molecule has 0 unspecified atom stereocenters. The zero-order valence-corrected chi connectivity index (χ0v) is 12.7. The maximum atomic E-state index is 13.0. The molecular weight excluding hydrogens is 327 g/mol. The first-order valence-corrected chi connectivity index (χ1v) is 7.28. The molecule has 0 aromatic heterocycles. The summed E-state index contributed by atoms with van der Waals surface area (Å²) in [5.41, 5.74) is 0.417. The van der Waals surface area contributed by atoms with Crippen LogP contribution in [0.3, 0.4) is 0 Å². The van der Waals surface area contributed by atoms with Crippen molar-refractivity contribution in [2.75, 3.05) is 13.1 Å². The Morgan fingerprint density at radius 1 is 1.35 bits per heavy atom. The van der Waals surface area contributed by atoms with E-state index in [1.54, 1.807) is 11.8 Å². The highest BCUT2D eigenvalue weighted by molar-refractivity contribution is 9.10. The van der Waals surface area contributed by atoms with E-state index in [0.717, 1.165) is 12.8 Å². The van der Waals surface area contributed by atoms with Gasteiger partial charge in [-0.3, -0.25) is 9.59 Å². The molecule has 0 bridgehead atoms. The molecule has 0 aliphatic carbocycles. The van der Waals surface area contributed by atoms with Crippen molar-refractivity contribution >= 4 is 27.7 Å². The second-order valence-electron chi connectivity index (χ2n) is 4.88. The summed E-state index contributed by atoms with van der Waals surface area (Å²) < 4.78 is 13.4. The molecule has 0 atom stereocenters. The van der Waals surface area contributed by atoms with Gasteiger partial charge in [0.05, 0.1) is 5.56 Å². The number of piperidine rings is 1. The van der Waals surface area contributed by atoms with E-state index in [1.165, 1.54) is 18.2 Å². The summed E-state index contributed by atoms with van der Waals surface area (Å²) >= 11 is 3.19. The number of rotatable bonds is 2. The lowest BCUT2D eigenvalue weighted by Gasteiger charge is -2.31. The van der Waals surface area contributed by atoms with E-state index in [9.17, 15) is 14.0 Å². The number of hydrogen-bond donors (Lipinski definition) is 1. The molecule has 4 nitrogen and oxygen atoms in total. The highest BCUT2D eigenvalue weighted by Gasteiger charge is 2.23. The maximum Gasteiger partial charge on any atom is 0.252 e. The lowest BCUT2D eigenvalue weighted by atomic mass is 10.0. The Bertz CT molecular complexity index is 528. The monoisotopic (exact) mass is 342 g/mol. The number of nitrogens with zero attached hydrogens (tertiary/aromatic N) is 1. The van der Waals surface area contributed by atoms with Gasteiger partial charge in [0.2, 0.25) is 5.91 Å². The fourth-order valence-corrected chi connectivity index (χ4v) is 2.81. The van der Waals surface area contributed by atoms with E-state index in [-0.39, 0.29) is 23.7 Å². The Kier molecular flexibility index (Phi) is 4.75. The minimum atomic E-state index is -0.386. The Hall–Kier alpha value is -1.43. The summed E-state index contributed by atoms with van der Waals surface area (Å²) in [7, 11) is 0. The van der Waals surface area contributed by atoms with Crippen molar-refractivity contribution < 1.29 is 14.0 Å². The molecule has 1 saturated heterocycles. The average Bonchev–Trinajstić information content (AvgIpc) is 2.39. The molecule has 0 spiro atoms.